The van der Waals surface area contributed by atoms with Crippen molar-refractivity contribution in [3.63, 3.8) is 0 Å². The van der Waals surface area contributed by atoms with E-state index in [4.69, 9.17) is 5.73 Å². The van der Waals surface area contributed by atoms with Crippen LogP contribution < -0.4 is 17.0 Å². The Kier molecular flexibility index (Phi) is 4.32. The lowest BCUT2D eigenvalue weighted by Gasteiger charge is -2.13. The van der Waals surface area contributed by atoms with E-state index < -0.39 is 0 Å². The molecule has 0 saturated heterocycles. The summed E-state index contributed by atoms with van der Waals surface area (Å²) in [5, 5.41) is 0. The first kappa shape index (κ1) is 15.5. The second kappa shape index (κ2) is 5.85. The van der Waals surface area contributed by atoms with Crippen LogP contribution in [0.3, 0.4) is 0 Å². The zero-order chi connectivity index (χ0) is 15.7. The fraction of sp³-hybridized carbons (Fsp3) is 0.643. The van der Waals surface area contributed by atoms with E-state index in [1.807, 2.05) is 20.8 Å². The maximum Gasteiger partial charge on any atom is 0.332 e. The van der Waals surface area contributed by atoms with Gasteiger partial charge in [0.05, 0.1) is 6.33 Å². The molecular formula is C14H23N5O2. The third-order valence-corrected chi connectivity index (χ3v) is 3.60. The summed E-state index contributed by atoms with van der Waals surface area (Å²) in [4.78, 5) is 28.9. The van der Waals surface area contributed by atoms with Crippen molar-refractivity contribution in [2.75, 3.05) is 0 Å². The van der Waals surface area contributed by atoms with Crippen LogP contribution in [0.25, 0.3) is 11.2 Å². The van der Waals surface area contributed by atoms with Gasteiger partial charge >= 0.3 is 5.69 Å². The molecule has 0 bridgehead atoms. The zero-order valence-corrected chi connectivity index (χ0v) is 13.0. The predicted octanol–water partition coefficient (Wildman–Crippen LogP) is 0.290. The summed E-state index contributed by atoms with van der Waals surface area (Å²) in [5.41, 5.74) is 6.21. The first-order valence-electron chi connectivity index (χ1n) is 7.27. The van der Waals surface area contributed by atoms with Gasteiger partial charge in [-0.25, -0.2) is 9.78 Å². The number of nitrogens with two attached hydrogens (primary N) is 1. The van der Waals surface area contributed by atoms with E-state index in [1.54, 1.807) is 15.5 Å². The van der Waals surface area contributed by atoms with Gasteiger partial charge in [-0.05, 0) is 12.3 Å². The van der Waals surface area contributed by atoms with E-state index in [9.17, 15) is 9.59 Å². The fourth-order valence-corrected chi connectivity index (χ4v) is 2.35. The molecule has 0 aliphatic rings. The van der Waals surface area contributed by atoms with Gasteiger partial charge < -0.3 is 10.3 Å². The third-order valence-electron chi connectivity index (χ3n) is 3.60. The molecule has 1 unspecified atom stereocenters. The standard InChI is InChI=1S/C14H23N5O2/c1-5-10(15)7-18-8-16-12-11(18)13(20)17(4)14(21)19(12)6-9(2)3/h8-10H,5-7,15H2,1-4H3. The number of nitrogens with zero attached hydrogens (tertiary/aromatic N) is 4. The summed E-state index contributed by atoms with van der Waals surface area (Å²) in [7, 11) is 1.50. The molecule has 2 rings (SSSR count). The Balaban J connectivity index is 2.71. The molecule has 7 heteroatoms. The second-order valence-corrected chi connectivity index (χ2v) is 5.89. The van der Waals surface area contributed by atoms with Gasteiger partial charge in [0.15, 0.2) is 11.2 Å². The molecular weight excluding hydrogens is 270 g/mol. The van der Waals surface area contributed by atoms with Crippen LogP contribution in [0.4, 0.5) is 0 Å². The van der Waals surface area contributed by atoms with Crippen molar-refractivity contribution in [2.24, 2.45) is 18.7 Å². The first-order chi connectivity index (χ1) is 9.86. The average Bonchev–Trinajstić information content (AvgIpc) is 2.84. The summed E-state index contributed by atoms with van der Waals surface area (Å²) >= 11 is 0. The fourth-order valence-electron chi connectivity index (χ4n) is 2.35. The van der Waals surface area contributed by atoms with Gasteiger partial charge in [-0.3, -0.25) is 13.9 Å². The zero-order valence-electron chi connectivity index (χ0n) is 13.0. The number of hydrogen-bond acceptors (Lipinski definition) is 4. The summed E-state index contributed by atoms with van der Waals surface area (Å²) in [5.74, 6) is 0.284. The smallest absolute Gasteiger partial charge is 0.326 e. The van der Waals surface area contributed by atoms with Gasteiger partial charge in [0.2, 0.25) is 0 Å². The molecule has 0 fully saturated rings. The van der Waals surface area contributed by atoms with Crippen molar-refractivity contribution >= 4 is 11.2 Å². The molecule has 0 saturated carbocycles. The molecule has 2 aromatic heterocycles. The van der Waals surface area contributed by atoms with E-state index in [0.717, 1.165) is 11.0 Å². The average molecular weight is 293 g/mol. The predicted molar refractivity (Wildman–Crippen MR) is 82.3 cm³/mol. The molecule has 0 aliphatic heterocycles. The number of fused-ring (bicyclic) bond motifs is 1. The molecule has 0 spiro atoms. The SMILES string of the molecule is CCC(N)Cn1cnc2c1c(=O)n(C)c(=O)n2CC(C)C. The Morgan fingerprint density at radius 2 is 1.95 bits per heavy atom. The summed E-state index contributed by atoms with van der Waals surface area (Å²) in [6, 6.07) is -0.0439. The highest BCUT2D eigenvalue weighted by atomic mass is 16.2. The van der Waals surface area contributed by atoms with Crippen LogP contribution in [-0.2, 0) is 20.1 Å². The number of hydrogen-bond donors (Lipinski definition) is 1. The lowest BCUT2D eigenvalue weighted by molar-refractivity contribution is 0.499. The van der Waals surface area contributed by atoms with Crippen LogP contribution in [0.5, 0.6) is 0 Å². The number of rotatable bonds is 5. The van der Waals surface area contributed by atoms with Gasteiger partial charge in [-0.2, -0.15) is 0 Å². The van der Waals surface area contributed by atoms with Crippen LogP contribution >= 0.6 is 0 Å². The maximum absolute atomic E-state index is 12.4. The summed E-state index contributed by atoms with van der Waals surface area (Å²) in [6.07, 6.45) is 2.41. The number of imidazole rings is 1. The lowest BCUT2D eigenvalue weighted by Crippen LogP contribution is -2.39. The van der Waals surface area contributed by atoms with Gasteiger partial charge in [0, 0.05) is 26.2 Å². The van der Waals surface area contributed by atoms with Crippen LogP contribution in [0, 0.1) is 5.92 Å². The number of aromatic nitrogens is 4. The molecule has 2 N–H and O–H groups in total. The second-order valence-electron chi connectivity index (χ2n) is 5.89. The highest BCUT2D eigenvalue weighted by molar-refractivity contribution is 5.70. The van der Waals surface area contributed by atoms with Crippen LogP contribution in [0.15, 0.2) is 15.9 Å². The van der Waals surface area contributed by atoms with Crippen molar-refractivity contribution in [1.82, 2.24) is 18.7 Å². The molecule has 116 valence electrons. The minimum atomic E-state index is -0.328. The van der Waals surface area contributed by atoms with E-state index >= 15 is 0 Å². The maximum atomic E-state index is 12.4. The topological polar surface area (TPSA) is 87.8 Å². The molecule has 0 aliphatic carbocycles. The largest absolute Gasteiger partial charge is 0.332 e. The van der Waals surface area contributed by atoms with E-state index in [1.165, 1.54) is 7.05 Å². The monoisotopic (exact) mass is 293 g/mol. The van der Waals surface area contributed by atoms with Crippen molar-refractivity contribution in [3.8, 4) is 0 Å². The van der Waals surface area contributed by atoms with Gasteiger partial charge in [-0.15, -0.1) is 0 Å². The Hall–Kier alpha value is -1.89. The minimum Gasteiger partial charge on any atom is -0.326 e. The molecule has 2 aromatic rings. The summed E-state index contributed by atoms with van der Waals surface area (Å²) < 4.78 is 4.46. The molecule has 21 heavy (non-hydrogen) atoms. The van der Waals surface area contributed by atoms with E-state index in [0.29, 0.717) is 24.3 Å². The first-order valence-corrected chi connectivity index (χ1v) is 7.27. The van der Waals surface area contributed by atoms with Crippen molar-refractivity contribution < 1.29 is 0 Å². The van der Waals surface area contributed by atoms with Crippen LogP contribution in [-0.4, -0.2) is 24.7 Å². The van der Waals surface area contributed by atoms with Gasteiger partial charge in [0.1, 0.15) is 0 Å². The molecule has 0 radical (unpaired) electrons. The van der Waals surface area contributed by atoms with Crippen LogP contribution in [0.2, 0.25) is 0 Å². The minimum absolute atomic E-state index is 0.0439. The highest BCUT2D eigenvalue weighted by Gasteiger charge is 2.17. The Labute approximate surface area is 123 Å². The van der Waals surface area contributed by atoms with Crippen LogP contribution in [0.1, 0.15) is 27.2 Å². The molecule has 0 aromatic carbocycles. The summed E-state index contributed by atoms with van der Waals surface area (Å²) in [6.45, 7) is 7.08. The molecule has 0 amide bonds. The van der Waals surface area contributed by atoms with Crippen molar-refractivity contribution in [2.45, 2.75) is 46.3 Å². The normalized spacial score (nSPS) is 13.2. The molecule has 7 nitrogen and oxygen atoms in total. The van der Waals surface area contributed by atoms with E-state index in [-0.39, 0.29) is 23.2 Å². The Morgan fingerprint density at radius 3 is 2.52 bits per heavy atom. The van der Waals surface area contributed by atoms with Crippen molar-refractivity contribution in [3.05, 3.63) is 27.2 Å². The van der Waals surface area contributed by atoms with E-state index in [2.05, 4.69) is 4.98 Å². The Bertz CT molecular complexity index is 753. The third kappa shape index (κ3) is 2.78. The molecule has 1 atom stereocenters. The van der Waals surface area contributed by atoms with Crippen molar-refractivity contribution in [1.29, 1.82) is 0 Å². The lowest BCUT2D eigenvalue weighted by atomic mass is 10.2. The Morgan fingerprint density at radius 1 is 1.29 bits per heavy atom. The quantitative estimate of drug-likeness (QED) is 0.858. The van der Waals surface area contributed by atoms with Gasteiger partial charge in [-0.1, -0.05) is 20.8 Å². The molecule has 2 heterocycles. The van der Waals surface area contributed by atoms with Gasteiger partial charge in [0.25, 0.3) is 5.56 Å². The highest BCUT2D eigenvalue weighted by Crippen LogP contribution is 2.09.